The third kappa shape index (κ3) is 3.46. The Morgan fingerprint density at radius 2 is 2.21 bits per heavy atom. The number of sulfonamides is 1. The van der Waals surface area contributed by atoms with Crippen LogP contribution in [0.4, 0.5) is 5.82 Å². The van der Waals surface area contributed by atoms with Crippen molar-refractivity contribution in [3.05, 3.63) is 16.7 Å². The Bertz CT molecular complexity index is 562. The first-order valence-electron chi connectivity index (χ1n) is 6.39. The van der Waals surface area contributed by atoms with E-state index < -0.39 is 10.0 Å². The van der Waals surface area contributed by atoms with E-state index in [1.807, 2.05) is 6.92 Å². The Morgan fingerprint density at radius 1 is 1.47 bits per heavy atom. The number of nitrogens with zero attached hydrogens (tertiary/aromatic N) is 1. The van der Waals surface area contributed by atoms with Crippen molar-refractivity contribution < 1.29 is 8.42 Å². The van der Waals surface area contributed by atoms with Gasteiger partial charge in [0.25, 0.3) is 0 Å². The molecular formula is C12H18BrN3O2S. The van der Waals surface area contributed by atoms with E-state index in [0.717, 1.165) is 12.8 Å². The Morgan fingerprint density at radius 3 is 2.79 bits per heavy atom. The highest BCUT2D eigenvalue weighted by Gasteiger charge is 2.39. The molecular weight excluding hydrogens is 330 g/mol. The molecule has 7 heteroatoms. The number of anilines is 1. The second-order valence-corrected chi connectivity index (χ2v) is 7.26. The molecule has 0 bridgehead atoms. The monoisotopic (exact) mass is 347 g/mol. The lowest BCUT2D eigenvalue weighted by Crippen LogP contribution is -2.28. The lowest BCUT2D eigenvalue weighted by molar-refractivity contribution is 0.576. The normalized spacial score (nSPS) is 22.3. The zero-order chi connectivity index (χ0) is 14.0. The van der Waals surface area contributed by atoms with Gasteiger partial charge in [0.05, 0.1) is 0 Å². The standard InChI is InChI=1S/C12H18BrN3O2S/c1-3-8-5-10(8)16-19(17,18)11-6-9(13)7-15-12(11)14-4-2/h6-8,10,16H,3-5H2,1-2H3,(H,14,15). The molecule has 2 N–H and O–H groups in total. The van der Waals surface area contributed by atoms with Gasteiger partial charge < -0.3 is 5.32 Å². The van der Waals surface area contributed by atoms with Gasteiger partial charge in [-0.25, -0.2) is 18.1 Å². The topological polar surface area (TPSA) is 71.1 Å². The van der Waals surface area contributed by atoms with E-state index in [9.17, 15) is 8.42 Å². The van der Waals surface area contributed by atoms with Crippen LogP contribution >= 0.6 is 15.9 Å². The van der Waals surface area contributed by atoms with Gasteiger partial charge >= 0.3 is 0 Å². The van der Waals surface area contributed by atoms with Gasteiger partial charge in [-0.2, -0.15) is 0 Å². The van der Waals surface area contributed by atoms with Crippen LogP contribution in [-0.2, 0) is 10.0 Å². The van der Waals surface area contributed by atoms with Gasteiger partial charge in [-0.1, -0.05) is 13.3 Å². The molecule has 1 saturated carbocycles. The fourth-order valence-corrected chi connectivity index (χ4v) is 3.99. The molecule has 1 aromatic heterocycles. The van der Waals surface area contributed by atoms with Crippen molar-refractivity contribution >= 4 is 31.8 Å². The molecule has 1 aliphatic carbocycles. The van der Waals surface area contributed by atoms with Crippen molar-refractivity contribution in [2.75, 3.05) is 11.9 Å². The first-order valence-corrected chi connectivity index (χ1v) is 8.67. The van der Waals surface area contributed by atoms with E-state index in [0.29, 0.717) is 22.8 Å². The zero-order valence-electron chi connectivity index (χ0n) is 11.0. The lowest BCUT2D eigenvalue weighted by Gasteiger charge is -2.11. The number of pyridine rings is 1. The Kier molecular flexibility index (Phi) is 4.47. The molecule has 2 unspecified atom stereocenters. The summed E-state index contributed by atoms with van der Waals surface area (Å²) in [6.45, 7) is 4.60. The fraction of sp³-hybridized carbons (Fsp3) is 0.583. The highest BCUT2D eigenvalue weighted by molar-refractivity contribution is 9.10. The predicted molar refractivity (Wildman–Crippen MR) is 78.6 cm³/mol. The molecule has 19 heavy (non-hydrogen) atoms. The number of rotatable bonds is 6. The number of hydrogen-bond acceptors (Lipinski definition) is 4. The van der Waals surface area contributed by atoms with Crippen LogP contribution in [0.15, 0.2) is 21.6 Å². The van der Waals surface area contributed by atoms with Crippen molar-refractivity contribution in [2.24, 2.45) is 5.92 Å². The number of nitrogens with one attached hydrogen (secondary N) is 2. The summed E-state index contributed by atoms with van der Waals surface area (Å²) < 4.78 is 28.2. The molecule has 0 spiro atoms. The average Bonchev–Trinajstić information content (AvgIpc) is 3.09. The summed E-state index contributed by atoms with van der Waals surface area (Å²) in [5.41, 5.74) is 0. The number of halogens is 1. The van der Waals surface area contributed by atoms with Crippen LogP contribution in [0.2, 0.25) is 0 Å². The summed E-state index contributed by atoms with van der Waals surface area (Å²) in [6, 6.07) is 1.65. The molecule has 1 heterocycles. The van der Waals surface area contributed by atoms with Gasteiger partial charge in [-0.05, 0) is 41.3 Å². The minimum atomic E-state index is -3.52. The van der Waals surface area contributed by atoms with Gasteiger partial charge in [-0.15, -0.1) is 0 Å². The maximum Gasteiger partial charge on any atom is 0.244 e. The van der Waals surface area contributed by atoms with Gasteiger partial charge in [-0.3, -0.25) is 0 Å². The molecule has 1 aromatic rings. The molecule has 0 saturated heterocycles. The SMILES string of the molecule is CCNc1ncc(Br)cc1S(=O)(=O)NC1CC1CC. The average molecular weight is 348 g/mol. The minimum Gasteiger partial charge on any atom is -0.369 e. The van der Waals surface area contributed by atoms with E-state index in [2.05, 4.69) is 37.9 Å². The van der Waals surface area contributed by atoms with Crippen molar-refractivity contribution in [3.8, 4) is 0 Å². The molecule has 2 atom stereocenters. The Hall–Kier alpha value is -0.660. The zero-order valence-corrected chi connectivity index (χ0v) is 13.4. The van der Waals surface area contributed by atoms with E-state index in [1.54, 1.807) is 12.3 Å². The van der Waals surface area contributed by atoms with Gasteiger partial charge in [0.1, 0.15) is 10.7 Å². The second kappa shape index (κ2) is 5.76. The van der Waals surface area contributed by atoms with E-state index >= 15 is 0 Å². The lowest BCUT2D eigenvalue weighted by atomic mass is 10.3. The molecule has 5 nitrogen and oxygen atoms in total. The molecule has 0 aliphatic heterocycles. The molecule has 0 radical (unpaired) electrons. The largest absolute Gasteiger partial charge is 0.369 e. The van der Waals surface area contributed by atoms with E-state index in [1.165, 1.54) is 0 Å². The fourth-order valence-electron chi connectivity index (χ4n) is 2.03. The molecule has 2 rings (SSSR count). The third-order valence-electron chi connectivity index (χ3n) is 3.21. The molecule has 1 aliphatic rings. The van der Waals surface area contributed by atoms with Crippen LogP contribution in [0.3, 0.4) is 0 Å². The summed E-state index contributed by atoms with van der Waals surface area (Å²) in [5.74, 6) is 0.865. The Balaban J connectivity index is 2.26. The quantitative estimate of drug-likeness (QED) is 0.828. The highest BCUT2D eigenvalue weighted by atomic mass is 79.9. The van der Waals surface area contributed by atoms with Crippen molar-refractivity contribution in [1.82, 2.24) is 9.71 Å². The predicted octanol–water partition coefficient (Wildman–Crippen LogP) is 2.35. The van der Waals surface area contributed by atoms with Crippen LogP contribution in [0.1, 0.15) is 26.7 Å². The number of hydrogen-bond donors (Lipinski definition) is 2. The second-order valence-electron chi connectivity index (χ2n) is 4.66. The van der Waals surface area contributed by atoms with Gasteiger partial charge in [0.2, 0.25) is 10.0 Å². The van der Waals surface area contributed by atoms with E-state index in [4.69, 9.17) is 0 Å². The van der Waals surface area contributed by atoms with Crippen LogP contribution in [0.25, 0.3) is 0 Å². The van der Waals surface area contributed by atoms with Crippen molar-refractivity contribution in [2.45, 2.75) is 37.6 Å². The Labute approximate surface area is 122 Å². The van der Waals surface area contributed by atoms with Crippen LogP contribution < -0.4 is 10.0 Å². The summed E-state index contributed by atoms with van der Waals surface area (Å²) >= 11 is 3.26. The molecule has 0 aromatic carbocycles. The molecule has 1 fully saturated rings. The first-order chi connectivity index (χ1) is 8.97. The van der Waals surface area contributed by atoms with Crippen molar-refractivity contribution in [3.63, 3.8) is 0 Å². The van der Waals surface area contributed by atoms with Crippen LogP contribution in [0.5, 0.6) is 0 Å². The summed E-state index contributed by atoms with van der Waals surface area (Å²) in [4.78, 5) is 4.32. The minimum absolute atomic E-state index is 0.0726. The summed E-state index contributed by atoms with van der Waals surface area (Å²) in [7, 11) is -3.52. The summed E-state index contributed by atoms with van der Waals surface area (Å²) in [6.07, 6.45) is 3.51. The smallest absolute Gasteiger partial charge is 0.244 e. The van der Waals surface area contributed by atoms with Crippen LogP contribution in [0, 0.1) is 5.92 Å². The highest BCUT2D eigenvalue weighted by Crippen LogP contribution is 2.35. The molecule has 106 valence electrons. The third-order valence-corrected chi connectivity index (χ3v) is 5.14. The maximum atomic E-state index is 12.4. The maximum absolute atomic E-state index is 12.4. The van der Waals surface area contributed by atoms with Gasteiger partial charge in [0, 0.05) is 23.3 Å². The van der Waals surface area contributed by atoms with Crippen molar-refractivity contribution in [1.29, 1.82) is 0 Å². The van der Waals surface area contributed by atoms with Gasteiger partial charge in [0.15, 0.2) is 0 Å². The van der Waals surface area contributed by atoms with E-state index in [-0.39, 0.29) is 10.9 Å². The first kappa shape index (κ1) is 14.7. The summed E-state index contributed by atoms with van der Waals surface area (Å²) in [5, 5.41) is 2.98. The number of aromatic nitrogens is 1. The van der Waals surface area contributed by atoms with Crippen LogP contribution in [-0.4, -0.2) is 26.0 Å². The molecule has 0 amide bonds.